The van der Waals surface area contributed by atoms with Gasteiger partial charge >= 0.3 is 12.1 Å². The maximum atomic E-state index is 11.7. The van der Waals surface area contributed by atoms with Gasteiger partial charge in [0.2, 0.25) is 0 Å². The van der Waals surface area contributed by atoms with Crippen molar-refractivity contribution in [3.8, 4) is 0 Å². The van der Waals surface area contributed by atoms with E-state index in [0.717, 1.165) is 11.4 Å². The second-order valence-corrected chi connectivity index (χ2v) is 6.40. The van der Waals surface area contributed by atoms with E-state index < -0.39 is 11.7 Å². The monoisotopic (exact) mass is 342 g/mol. The Hall–Kier alpha value is -3.02. The maximum absolute atomic E-state index is 11.7. The third-order valence-electron chi connectivity index (χ3n) is 3.12. The molecule has 0 fully saturated rings. The highest BCUT2D eigenvalue weighted by Crippen LogP contribution is 2.20. The van der Waals surface area contributed by atoms with E-state index in [1.165, 1.54) is 7.11 Å². The Bertz CT molecular complexity index is 732. The molecule has 25 heavy (non-hydrogen) atoms. The number of rotatable bonds is 4. The normalized spacial score (nSPS) is 10.7. The predicted molar refractivity (Wildman–Crippen MR) is 97.4 cm³/mol. The number of carbonyl (C=O) groups is 2. The Morgan fingerprint density at radius 3 is 1.80 bits per heavy atom. The molecule has 0 saturated carbocycles. The van der Waals surface area contributed by atoms with Gasteiger partial charge in [0.15, 0.2) is 0 Å². The van der Waals surface area contributed by atoms with Crippen molar-refractivity contribution in [2.45, 2.75) is 26.4 Å². The minimum absolute atomic E-state index is 0.371. The summed E-state index contributed by atoms with van der Waals surface area (Å²) >= 11 is 0. The molecule has 0 atom stereocenters. The number of hydrogen-bond donors (Lipinski definition) is 2. The number of amides is 1. The van der Waals surface area contributed by atoms with Crippen molar-refractivity contribution in [3.63, 3.8) is 0 Å². The molecule has 0 spiro atoms. The summed E-state index contributed by atoms with van der Waals surface area (Å²) in [4.78, 5) is 23.1. The van der Waals surface area contributed by atoms with Crippen LogP contribution in [0.3, 0.4) is 0 Å². The molecule has 2 aromatic carbocycles. The molecule has 2 rings (SSSR count). The van der Waals surface area contributed by atoms with Gasteiger partial charge in [0, 0.05) is 17.1 Å². The van der Waals surface area contributed by atoms with E-state index in [2.05, 4.69) is 15.4 Å². The van der Waals surface area contributed by atoms with Crippen LogP contribution in [0.1, 0.15) is 31.1 Å². The first kappa shape index (κ1) is 18.3. The van der Waals surface area contributed by atoms with Crippen molar-refractivity contribution in [1.29, 1.82) is 0 Å². The lowest BCUT2D eigenvalue weighted by Gasteiger charge is -2.19. The highest BCUT2D eigenvalue weighted by molar-refractivity contribution is 5.89. The average Bonchev–Trinajstić information content (AvgIpc) is 2.55. The summed E-state index contributed by atoms with van der Waals surface area (Å²) in [5.74, 6) is -0.371. The minimum atomic E-state index is -0.540. The van der Waals surface area contributed by atoms with E-state index in [1.807, 2.05) is 32.9 Å². The first-order valence-electron chi connectivity index (χ1n) is 7.82. The molecule has 2 N–H and O–H groups in total. The summed E-state index contributed by atoms with van der Waals surface area (Å²) in [6.45, 7) is 5.43. The molecule has 0 saturated heterocycles. The van der Waals surface area contributed by atoms with Crippen LogP contribution in [0.25, 0.3) is 0 Å². The lowest BCUT2D eigenvalue weighted by atomic mass is 10.2. The van der Waals surface area contributed by atoms with Crippen molar-refractivity contribution < 1.29 is 19.1 Å². The van der Waals surface area contributed by atoms with Crippen molar-refractivity contribution in [2.75, 3.05) is 17.7 Å². The number of hydrogen-bond acceptors (Lipinski definition) is 5. The summed E-state index contributed by atoms with van der Waals surface area (Å²) < 4.78 is 9.87. The van der Waals surface area contributed by atoms with Gasteiger partial charge in [-0.2, -0.15) is 0 Å². The van der Waals surface area contributed by atoms with Crippen LogP contribution >= 0.6 is 0 Å². The molecule has 0 aliphatic carbocycles. The molecule has 0 aromatic heterocycles. The molecule has 0 radical (unpaired) electrons. The summed E-state index contributed by atoms with van der Waals surface area (Å²) in [5, 5.41) is 5.89. The fourth-order valence-electron chi connectivity index (χ4n) is 2.03. The maximum Gasteiger partial charge on any atom is 0.412 e. The first-order chi connectivity index (χ1) is 11.8. The van der Waals surface area contributed by atoms with E-state index >= 15 is 0 Å². The molecule has 6 nitrogen and oxygen atoms in total. The summed E-state index contributed by atoms with van der Waals surface area (Å²) in [6.07, 6.45) is -0.494. The van der Waals surface area contributed by atoms with Crippen LogP contribution in [-0.4, -0.2) is 24.8 Å². The predicted octanol–water partition coefficient (Wildman–Crippen LogP) is 4.56. The molecule has 0 heterocycles. The first-order valence-corrected chi connectivity index (χ1v) is 7.82. The van der Waals surface area contributed by atoms with Crippen molar-refractivity contribution in [1.82, 2.24) is 0 Å². The average molecular weight is 342 g/mol. The molecule has 1 amide bonds. The second-order valence-electron chi connectivity index (χ2n) is 6.40. The van der Waals surface area contributed by atoms with Crippen molar-refractivity contribution in [3.05, 3.63) is 54.1 Å². The largest absolute Gasteiger partial charge is 0.465 e. The Balaban J connectivity index is 1.96. The van der Waals surface area contributed by atoms with E-state index in [9.17, 15) is 9.59 Å². The zero-order valence-electron chi connectivity index (χ0n) is 14.8. The topological polar surface area (TPSA) is 76.7 Å². The number of ether oxygens (including phenoxy) is 2. The van der Waals surface area contributed by atoms with Crippen LogP contribution in [0.5, 0.6) is 0 Å². The molecule has 0 unspecified atom stereocenters. The SMILES string of the molecule is COC(=O)c1ccc(Nc2ccc(NC(=O)OC(C)(C)C)cc2)cc1. The summed E-state index contributed by atoms with van der Waals surface area (Å²) in [5.41, 5.74) is 2.27. The molecular weight excluding hydrogens is 320 g/mol. The molecule has 0 bridgehead atoms. The smallest absolute Gasteiger partial charge is 0.412 e. The quantitative estimate of drug-likeness (QED) is 0.796. The highest BCUT2D eigenvalue weighted by atomic mass is 16.6. The second kappa shape index (κ2) is 7.70. The van der Waals surface area contributed by atoms with Gasteiger partial charge in [-0.25, -0.2) is 9.59 Å². The summed E-state index contributed by atoms with van der Waals surface area (Å²) in [6, 6.07) is 14.2. The fraction of sp³-hybridized carbons (Fsp3) is 0.263. The molecule has 6 heteroatoms. The lowest BCUT2D eigenvalue weighted by Crippen LogP contribution is -2.27. The Labute approximate surface area is 147 Å². The van der Waals surface area contributed by atoms with Gasteiger partial charge in [-0.1, -0.05) is 0 Å². The van der Waals surface area contributed by atoms with Gasteiger partial charge in [-0.3, -0.25) is 5.32 Å². The Morgan fingerprint density at radius 1 is 0.840 bits per heavy atom. The van der Waals surface area contributed by atoms with E-state index in [0.29, 0.717) is 11.3 Å². The van der Waals surface area contributed by atoms with Gasteiger partial charge in [0.05, 0.1) is 12.7 Å². The Kier molecular flexibility index (Phi) is 5.64. The van der Waals surface area contributed by atoms with E-state index in [1.54, 1.807) is 36.4 Å². The highest BCUT2D eigenvalue weighted by Gasteiger charge is 2.16. The van der Waals surface area contributed by atoms with Gasteiger partial charge in [-0.15, -0.1) is 0 Å². The van der Waals surface area contributed by atoms with Gasteiger partial charge < -0.3 is 14.8 Å². The van der Waals surface area contributed by atoms with Crippen LogP contribution in [0.2, 0.25) is 0 Å². The van der Waals surface area contributed by atoms with E-state index in [-0.39, 0.29) is 5.97 Å². The van der Waals surface area contributed by atoms with Gasteiger partial charge in [0.1, 0.15) is 5.60 Å². The van der Waals surface area contributed by atoms with Crippen LogP contribution in [-0.2, 0) is 9.47 Å². The van der Waals surface area contributed by atoms with Crippen LogP contribution < -0.4 is 10.6 Å². The van der Waals surface area contributed by atoms with Gasteiger partial charge in [-0.05, 0) is 69.3 Å². The number of nitrogens with one attached hydrogen (secondary N) is 2. The third kappa shape index (κ3) is 5.84. The van der Waals surface area contributed by atoms with Crippen LogP contribution in [0.4, 0.5) is 21.9 Å². The standard InChI is InChI=1S/C19H22N2O4/c1-19(2,3)25-18(23)21-16-11-9-15(10-12-16)20-14-7-5-13(6-8-14)17(22)24-4/h5-12,20H,1-4H3,(H,21,23). The minimum Gasteiger partial charge on any atom is -0.465 e. The summed E-state index contributed by atoms with van der Waals surface area (Å²) in [7, 11) is 1.35. The fourth-order valence-corrected chi connectivity index (χ4v) is 2.03. The number of carbonyl (C=O) groups excluding carboxylic acids is 2. The molecule has 0 aliphatic heterocycles. The van der Waals surface area contributed by atoms with Gasteiger partial charge in [0.25, 0.3) is 0 Å². The van der Waals surface area contributed by atoms with Crippen molar-refractivity contribution >= 4 is 29.1 Å². The molecule has 0 aliphatic rings. The van der Waals surface area contributed by atoms with Crippen molar-refractivity contribution in [2.24, 2.45) is 0 Å². The van der Waals surface area contributed by atoms with Crippen LogP contribution in [0.15, 0.2) is 48.5 Å². The number of anilines is 3. The zero-order valence-corrected chi connectivity index (χ0v) is 14.8. The molecule has 132 valence electrons. The van der Waals surface area contributed by atoms with Crippen LogP contribution in [0, 0.1) is 0 Å². The number of benzene rings is 2. The lowest BCUT2D eigenvalue weighted by molar-refractivity contribution is 0.0598. The zero-order chi connectivity index (χ0) is 18.4. The van der Waals surface area contributed by atoms with E-state index in [4.69, 9.17) is 4.74 Å². The Morgan fingerprint density at radius 2 is 1.32 bits per heavy atom. The number of methoxy groups -OCH3 is 1. The third-order valence-corrected chi connectivity index (χ3v) is 3.12. The molecule has 2 aromatic rings. The molecular formula is C19H22N2O4. The number of esters is 1.